The number of benzene rings is 1. The van der Waals surface area contributed by atoms with Gasteiger partial charge in [-0.1, -0.05) is 24.3 Å². The summed E-state index contributed by atoms with van der Waals surface area (Å²) in [4.78, 5) is 32.3. The second-order valence-corrected chi connectivity index (χ2v) is 8.82. The quantitative estimate of drug-likeness (QED) is 0.663. The number of β-amino-alcohol motifs (C(OH)–C–C–N with tert-alkyl or cyclic N) is 1. The highest BCUT2D eigenvalue weighted by Crippen LogP contribution is 2.19. The molecule has 2 aliphatic rings. The standard InChI is InChI=1S/C25H32N4O4/c1-18(30)29-12-8-23(9-13-29)33-24-14-20(6-10-26-24)25(32)27-15-22(31)17-28-11-7-19-4-2-3-5-21(19)16-28/h2-6,10,14,22-23,31H,7-9,11-13,15-17H2,1H3,(H,27,32)/t22-/m0/s1. The Morgan fingerprint density at radius 2 is 1.94 bits per heavy atom. The predicted molar refractivity (Wildman–Crippen MR) is 124 cm³/mol. The fourth-order valence-corrected chi connectivity index (χ4v) is 4.46. The summed E-state index contributed by atoms with van der Waals surface area (Å²) in [6.45, 7) is 5.32. The number of likely N-dealkylation sites (tertiary alicyclic amines) is 1. The Kier molecular flexibility index (Phi) is 7.57. The average Bonchev–Trinajstić information content (AvgIpc) is 2.83. The molecule has 1 saturated heterocycles. The number of fused-ring (bicyclic) bond motifs is 1. The lowest BCUT2D eigenvalue weighted by molar-refractivity contribution is -0.130. The lowest BCUT2D eigenvalue weighted by Crippen LogP contribution is -2.42. The van der Waals surface area contributed by atoms with Crippen LogP contribution in [-0.2, 0) is 17.8 Å². The van der Waals surface area contributed by atoms with Crippen LogP contribution in [0, 0.1) is 0 Å². The van der Waals surface area contributed by atoms with Crippen LogP contribution in [0.5, 0.6) is 5.88 Å². The lowest BCUT2D eigenvalue weighted by Gasteiger charge is -2.31. The molecule has 1 atom stereocenters. The van der Waals surface area contributed by atoms with Gasteiger partial charge < -0.3 is 20.1 Å². The molecule has 8 heteroatoms. The lowest BCUT2D eigenvalue weighted by atomic mass is 10.00. The van der Waals surface area contributed by atoms with Crippen molar-refractivity contribution in [2.24, 2.45) is 0 Å². The van der Waals surface area contributed by atoms with Gasteiger partial charge in [0, 0.05) is 76.9 Å². The van der Waals surface area contributed by atoms with E-state index in [4.69, 9.17) is 4.74 Å². The topological polar surface area (TPSA) is 95.0 Å². The molecule has 0 spiro atoms. The van der Waals surface area contributed by atoms with E-state index in [1.807, 2.05) is 11.0 Å². The maximum absolute atomic E-state index is 12.6. The van der Waals surface area contributed by atoms with Gasteiger partial charge in [0.05, 0.1) is 6.10 Å². The molecule has 0 radical (unpaired) electrons. The zero-order chi connectivity index (χ0) is 23.2. The fourth-order valence-electron chi connectivity index (χ4n) is 4.46. The van der Waals surface area contributed by atoms with E-state index >= 15 is 0 Å². The minimum atomic E-state index is -0.650. The minimum Gasteiger partial charge on any atom is -0.474 e. The van der Waals surface area contributed by atoms with Crippen LogP contribution in [0.3, 0.4) is 0 Å². The number of ether oxygens (including phenoxy) is 1. The molecule has 0 aliphatic carbocycles. The first kappa shape index (κ1) is 23.2. The van der Waals surface area contributed by atoms with E-state index in [-0.39, 0.29) is 24.5 Å². The molecule has 4 rings (SSSR count). The Bertz CT molecular complexity index is 974. The molecule has 2 aliphatic heterocycles. The van der Waals surface area contributed by atoms with Gasteiger partial charge in [0.1, 0.15) is 6.10 Å². The molecule has 2 N–H and O–H groups in total. The van der Waals surface area contributed by atoms with E-state index in [0.717, 1.165) is 32.4 Å². The molecular formula is C25H32N4O4. The van der Waals surface area contributed by atoms with Gasteiger partial charge >= 0.3 is 0 Å². The number of aliphatic hydroxyl groups is 1. The molecule has 0 bridgehead atoms. The predicted octanol–water partition coefficient (Wildman–Crippen LogP) is 1.62. The van der Waals surface area contributed by atoms with E-state index in [1.54, 1.807) is 25.3 Å². The van der Waals surface area contributed by atoms with E-state index < -0.39 is 6.10 Å². The molecular weight excluding hydrogens is 420 g/mol. The summed E-state index contributed by atoms with van der Waals surface area (Å²) >= 11 is 0. The zero-order valence-electron chi connectivity index (χ0n) is 19.1. The molecule has 1 aromatic heterocycles. The summed E-state index contributed by atoms with van der Waals surface area (Å²) in [5, 5.41) is 13.3. The monoisotopic (exact) mass is 452 g/mol. The summed E-state index contributed by atoms with van der Waals surface area (Å²) in [6.07, 6.45) is 3.33. The van der Waals surface area contributed by atoms with Crippen LogP contribution in [0.2, 0.25) is 0 Å². The Labute approximate surface area is 194 Å². The molecule has 2 amide bonds. The third-order valence-corrected chi connectivity index (χ3v) is 6.35. The van der Waals surface area contributed by atoms with Crippen molar-refractivity contribution in [3.8, 4) is 5.88 Å². The van der Waals surface area contributed by atoms with Crippen molar-refractivity contribution in [3.05, 3.63) is 59.3 Å². The second kappa shape index (κ2) is 10.8. The Hall–Kier alpha value is -2.97. The number of aliphatic hydroxyl groups excluding tert-OH is 1. The Morgan fingerprint density at radius 1 is 1.18 bits per heavy atom. The summed E-state index contributed by atoms with van der Waals surface area (Å²) in [5.74, 6) is 0.214. The highest BCUT2D eigenvalue weighted by Gasteiger charge is 2.23. The largest absolute Gasteiger partial charge is 0.474 e. The van der Waals surface area contributed by atoms with Crippen molar-refractivity contribution in [2.45, 2.75) is 44.9 Å². The van der Waals surface area contributed by atoms with Gasteiger partial charge in [0.25, 0.3) is 5.91 Å². The van der Waals surface area contributed by atoms with Gasteiger partial charge in [-0.15, -0.1) is 0 Å². The maximum atomic E-state index is 12.6. The van der Waals surface area contributed by atoms with Crippen LogP contribution in [0.15, 0.2) is 42.6 Å². The number of rotatable bonds is 7. The molecule has 2 aromatic rings. The molecule has 3 heterocycles. The highest BCUT2D eigenvalue weighted by molar-refractivity contribution is 5.94. The van der Waals surface area contributed by atoms with Gasteiger partial charge in [0.2, 0.25) is 11.8 Å². The molecule has 1 fully saturated rings. The summed E-state index contributed by atoms with van der Waals surface area (Å²) in [6, 6.07) is 11.7. The van der Waals surface area contributed by atoms with Crippen LogP contribution < -0.4 is 10.1 Å². The number of amides is 2. The number of carbonyl (C=O) groups excluding carboxylic acids is 2. The van der Waals surface area contributed by atoms with Gasteiger partial charge in [-0.25, -0.2) is 4.98 Å². The van der Waals surface area contributed by atoms with E-state index in [1.165, 1.54) is 11.1 Å². The number of piperidine rings is 1. The Morgan fingerprint density at radius 3 is 2.70 bits per heavy atom. The molecule has 1 aromatic carbocycles. The van der Waals surface area contributed by atoms with E-state index in [2.05, 4.69) is 33.4 Å². The second-order valence-electron chi connectivity index (χ2n) is 8.82. The first-order chi connectivity index (χ1) is 16.0. The summed E-state index contributed by atoms with van der Waals surface area (Å²) in [5.41, 5.74) is 3.12. The van der Waals surface area contributed by atoms with Gasteiger partial charge in [0.15, 0.2) is 0 Å². The molecule has 176 valence electrons. The zero-order valence-corrected chi connectivity index (χ0v) is 19.1. The normalized spacial score (nSPS) is 17.8. The number of aromatic nitrogens is 1. The van der Waals surface area contributed by atoms with Crippen LogP contribution in [0.1, 0.15) is 41.3 Å². The van der Waals surface area contributed by atoms with E-state index in [9.17, 15) is 14.7 Å². The van der Waals surface area contributed by atoms with Crippen molar-refractivity contribution in [1.82, 2.24) is 20.1 Å². The smallest absolute Gasteiger partial charge is 0.251 e. The van der Waals surface area contributed by atoms with Crippen molar-refractivity contribution in [1.29, 1.82) is 0 Å². The first-order valence-electron chi connectivity index (χ1n) is 11.6. The number of hydrogen-bond donors (Lipinski definition) is 2. The Balaban J connectivity index is 1.23. The van der Waals surface area contributed by atoms with Gasteiger partial charge in [-0.2, -0.15) is 0 Å². The summed E-state index contributed by atoms with van der Waals surface area (Å²) < 4.78 is 5.94. The highest BCUT2D eigenvalue weighted by atomic mass is 16.5. The molecule has 0 unspecified atom stereocenters. The SMILES string of the molecule is CC(=O)N1CCC(Oc2cc(C(=O)NC[C@H](O)CN3CCc4ccccc4C3)ccn2)CC1. The van der Waals surface area contributed by atoms with Crippen LogP contribution in [0.25, 0.3) is 0 Å². The number of carbonyl (C=O) groups is 2. The number of nitrogens with zero attached hydrogens (tertiary/aromatic N) is 3. The number of hydrogen-bond acceptors (Lipinski definition) is 6. The van der Waals surface area contributed by atoms with Crippen LogP contribution in [0.4, 0.5) is 0 Å². The van der Waals surface area contributed by atoms with Crippen molar-refractivity contribution < 1.29 is 19.4 Å². The van der Waals surface area contributed by atoms with Gasteiger partial charge in [-0.05, 0) is 23.6 Å². The van der Waals surface area contributed by atoms with Crippen molar-refractivity contribution >= 4 is 11.8 Å². The molecule has 8 nitrogen and oxygen atoms in total. The molecule has 0 saturated carbocycles. The van der Waals surface area contributed by atoms with E-state index in [0.29, 0.717) is 31.1 Å². The van der Waals surface area contributed by atoms with Gasteiger partial charge in [-0.3, -0.25) is 14.5 Å². The number of pyridine rings is 1. The van der Waals surface area contributed by atoms with Crippen LogP contribution >= 0.6 is 0 Å². The summed E-state index contributed by atoms with van der Waals surface area (Å²) in [7, 11) is 0. The maximum Gasteiger partial charge on any atom is 0.251 e. The van der Waals surface area contributed by atoms with Crippen molar-refractivity contribution in [3.63, 3.8) is 0 Å². The first-order valence-corrected chi connectivity index (χ1v) is 11.6. The van der Waals surface area contributed by atoms with Crippen LogP contribution in [-0.4, -0.2) is 76.6 Å². The molecule has 33 heavy (non-hydrogen) atoms. The minimum absolute atomic E-state index is 0.0251. The third-order valence-electron chi connectivity index (χ3n) is 6.35. The number of nitrogens with one attached hydrogen (secondary N) is 1. The fraction of sp³-hybridized carbons (Fsp3) is 0.480. The third kappa shape index (κ3) is 6.30. The van der Waals surface area contributed by atoms with Crippen molar-refractivity contribution in [2.75, 3.05) is 32.7 Å². The average molecular weight is 453 g/mol.